The molecule has 0 aromatic heterocycles. The van der Waals surface area contributed by atoms with Crippen LogP contribution < -0.4 is 4.74 Å². The largest absolute Gasteiger partial charge is 0.508 e. The molecular weight excluding hydrogens is 242 g/mol. The van der Waals surface area contributed by atoms with Crippen LogP contribution in [0.15, 0.2) is 18.2 Å². The van der Waals surface area contributed by atoms with Crippen LogP contribution in [0.5, 0.6) is 11.5 Å². The van der Waals surface area contributed by atoms with Gasteiger partial charge in [-0.1, -0.05) is 0 Å². The molecule has 1 unspecified atom stereocenters. The molecule has 2 rings (SSSR count). The molecule has 1 N–H and O–H groups in total. The van der Waals surface area contributed by atoms with Gasteiger partial charge in [0.1, 0.15) is 11.5 Å². The van der Waals surface area contributed by atoms with E-state index < -0.39 is 0 Å². The minimum Gasteiger partial charge on any atom is -0.508 e. The summed E-state index contributed by atoms with van der Waals surface area (Å²) in [5.41, 5.74) is 0.741. The molecule has 1 atom stereocenters. The summed E-state index contributed by atoms with van der Waals surface area (Å²) in [6, 6.07) is 5.17. The van der Waals surface area contributed by atoms with Crippen molar-refractivity contribution in [2.75, 3.05) is 13.7 Å². The van der Waals surface area contributed by atoms with Crippen LogP contribution in [-0.4, -0.2) is 35.6 Å². The van der Waals surface area contributed by atoms with Crippen molar-refractivity contribution >= 4 is 5.91 Å². The second-order valence-electron chi connectivity index (χ2n) is 5.10. The number of nitrogens with zero attached hydrogens (tertiary/aromatic N) is 1. The van der Waals surface area contributed by atoms with Gasteiger partial charge in [0.05, 0.1) is 13.5 Å². The van der Waals surface area contributed by atoms with E-state index >= 15 is 0 Å². The van der Waals surface area contributed by atoms with E-state index in [1.54, 1.807) is 25.3 Å². The molecule has 1 aromatic rings. The number of amides is 1. The number of aromatic hydroxyl groups is 1. The summed E-state index contributed by atoms with van der Waals surface area (Å²) in [5, 5.41) is 9.53. The second-order valence-corrected chi connectivity index (χ2v) is 5.10. The molecule has 0 aliphatic carbocycles. The highest BCUT2D eigenvalue weighted by Crippen LogP contribution is 2.25. The van der Waals surface area contributed by atoms with Gasteiger partial charge < -0.3 is 14.7 Å². The first kappa shape index (κ1) is 13.7. The summed E-state index contributed by atoms with van der Waals surface area (Å²) < 4.78 is 5.23. The Kier molecular flexibility index (Phi) is 4.30. The van der Waals surface area contributed by atoms with E-state index in [4.69, 9.17) is 4.74 Å². The molecule has 0 radical (unpaired) electrons. The molecule has 4 nitrogen and oxygen atoms in total. The maximum atomic E-state index is 12.3. The summed E-state index contributed by atoms with van der Waals surface area (Å²) in [7, 11) is 1.57. The monoisotopic (exact) mass is 263 g/mol. The first-order chi connectivity index (χ1) is 9.11. The van der Waals surface area contributed by atoms with Crippen molar-refractivity contribution in [2.24, 2.45) is 0 Å². The highest BCUT2D eigenvalue weighted by molar-refractivity contribution is 5.80. The lowest BCUT2D eigenvalue weighted by atomic mass is 10.0. The molecule has 0 spiro atoms. The van der Waals surface area contributed by atoms with Gasteiger partial charge in [0, 0.05) is 18.2 Å². The molecule has 1 heterocycles. The smallest absolute Gasteiger partial charge is 0.227 e. The van der Waals surface area contributed by atoms with E-state index in [1.165, 1.54) is 6.42 Å². The first-order valence-electron chi connectivity index (χ1n) is 6.77. The van der Waals surface area contributed by atoms with Crippen LogP contribution in [0.2, 0.25) is 0 Å². The highest BCUT2D eigenvalue weighted by atomic mass is 16.5. The van der Waals surface area contributed by atoms with E-state index in [1.807, 2.05) is 4.90 Å². The Balaban J connectivity index is 2.11. The van der Waals surface area contributed by atoms with E-state index in [9.17, 15) is 9.90 Å². The molecular formula is C15H21NO3. The number of hydrogen-bond donors (Lipinski definition) is 1. The van der Waals surface area contributed by atoms with Gasteiger partial charge in [-0.2, -0.15) is 0 Å². The van der Waals surface area contributed by atoms with Crippen molar-refractivity contribution in [3.8, 4) is 11.5 Å². The Bertz CT molecular complexity index is 459. The van der Waals surface area contributed by atoms with Crippen LogP contribution in [0, 0.1) is 0 Å². The van der Waals surface area contributed by atoms with Crippen molar-refractivity contribution in [2.45, 2.75) is 38.6 Å². The molecule has 4 heteroatoms. The summed E-state index contributed by atoms with van der Waals surface area (Å²) in [4.78, 5) is 14.3. The van der Waals surface area contributed by atoms with E-state index in [0.29, 0.717) is 11.8 Å². The van der Waals surface area contributed by atoms with Gasteiger partial charge in [0.25, 0.3) is 0 Å². The van der Waals surface area contributed by atoms with Crippen molar-refractivity contribution in [3.63, 3.8) is 0 Å². The average molecular weight is 263 g/mol. The lowest BCUT2D eigenvalue weighted by Crippen LogP contribution is -2.42. The number of benzene rings is 1. The maximum absolute atomic E-state index is 12.3. The standard InChI is InChI=1S/C15H21NO3/c1-11-5-3-4-8-16(11)15(18)10-12-9-13(17)6-7-14(12)19-2/h6-7,9,11,17H,3-5,8,10H2,1-2H3. The third-order valence-corrected chi connectivity index (χ3v) is 3.73. The van der Waals surface area contributed by atoms with Crippen LogP contribution in [0.4, 0.5) is 0 Å². The topological polar surface area (TPSA) is 49.8 Å². The van der Waals surface area contributed by atoms with Crippen LogP contribution in [0.25, 0.3) is 0 Å². The Morgan fingerprint density at radius 1 is 1.47 bits per heavy atom. The maximum Gasteiger partial charge on any atom is 0.227 e. The summed E-state index contributed by atoms with van der Waals surface area (Å²) >= 11 is 0. The molecule has 1 fully saturated rings. The zero-order valence-electron chi connectivity index (χ0n) is 11.6. The van der Waals surface area contributed by atoms with E-state index in [0.717, 1.165) is 24.9 Å². The number of phenolic OH excluding ortho intramolecular Hbond substituents is 1. The van der Waals surface area contributed by atoms with Crippen molar-refractivity contribution in [1.29, 1.82) is 0 Å². The number of piperidine rings is 1. The van der Waals surface area contributed by atoms with Crippen molar-refractivity contribution in [1.82, 2.24) is 4.90 Å². The number of ether oxygens (including phenoxy) is 1. The molecule has 1 amide bonds. The highest BCUT2D eigenvalue weighted by Gasteiger charge is 2.23. The summed E-state index contributed by atoms with van der Waals surface area (Å²) in [6.45, 7) is 2.93. The number of carbonyl (C=O) groups excluding carboxylic acids is 1. The molecule has 1 aromatic carbocycles. The van der Waals surface area contributed by atoms with Crippen molar-refractivity contribution in [3.05, 3.63) is 23.8 Å². The summed E-state index contributed by atoms with van der Waals surface area (Å²) in [6.07, 6.45) is 3.62. The Morgan fingerprint density at radius 3 is 2.95 bits per heavy atom. The number of methoxy groups -OCH3 is 1. The minimum atomic E-state index is 0.108. The van der Waals surface area contributed by atoms with Gasteiger partial charge in [-0.25, -0.2) is 0 Å². The van der Waals surface area contributed by atoms with Gasteiger partial charge in [0.2, 0.25) is 5.91 Å². The molecule has 1 aliphatic rings. The molecule has 1 saturated heterocycles. The third kappa shape index (κ3) is 3.19. The average Bonchev–Trinajstić information content (AvgIpc) is 2.39. The van der Waals surface area contributed by atoms with E-state index in [-0.39, 0.29) is 18.1 Å². The molecule has 1 aliphatic heterocycles. The Hall–Kier alpha value is -1.71. The first-order valence-corrected chi connectivity index (χ1v) is 6.77. The number of carbonyl (C=O) groups is 1. The normalized spacial score (nSPS) is 19.3. The van der Waals surface area contributed by atoms with Gasteiger partial charge >= 0.3 is 0 Å². The fourth-order valence-electron chi connectivity index (χ4n) is 2.64. The van der Waals surface area contributed by atoms with Crippen LogP contribution in [0.3, 0.4) is 0 Å². The van der Waals surface area contributed by atoms with Crippen LogP contribution in [-0.2, 0) is 11.2 Å². The van der Waals surface area contributed by atoms with Crippen molar-refractivity contribution < 1.29 is 14.6 Å². The fraction of sp³-hybridized carbons (Fsp3) is 0.533. The quantitative estimate of drug-likeness (QED) is 0.910. The third-order valence-electron chi connectivity index (χ3n) is 3.73. The summed E-state index contributed by atoms with van der Waals surface area (Å²) in [5.74, 6) is 0.919. The second kappa shape index (κ2) is 5.95. The molecule has 19 heavy (non-hydrogen) atoms. The lowest BCUT2D eigenvalue weighted by Gasteiger charge is -2.33. The van der Waals surface area contributed by atoms with E-state index in [2.05, 4.69) is 6.92 Å². The minimum absolute atomic E-state index is 0.108. The number of hydrogen-bond acceptors (Lipinski definition) is 3. The van der Waals surface area contributed by atoms with Gasteiger partial charge in [-0.05, 0) is 44.4 Å². The number of likely N-dealkylation sites (tertiary alicyclic amines) is 1. The zero-order chi connectivity index (χ0) is 13.8. The predicted octanol–water partition coefficient (Wildman–Crippen LogP) is 2.34. The van der Waals surface area contributed by atoms with Crippen LogP contribution >= 0.6 is 0 Å². The molecule has 0 saturated carbocycles. The number of rotatable bonds is 3. The molecule has 104 valence electrons. The lowest BCUT2D eigenvalue weighted by molar-refractivity contribution is -0.133. The number of phenols is 1. The fourth-order valence-corrected chi connectivity index (χ4v) is 2.64. The van der Waals surface area contributed by atoms with Gasteiger partial charge in [-0.15, -0.1) is 0 Å². The predicted molar refractivity (Wildman–Crippen MR) is 73.4 cm³/mol. The van der Waals surface area contributed by atoms with Crippen LogP contribution in [0.1, 0.15) is 31.7 Å². The Morgan fingerprint density at radius 2 is 2.26 bits per heavy atom. The zero-order valence-corrected chi connectivity index (χ0v) is 11.6. The van der Waals surface area contributed by atoms with Gasteiger partial charge in [0.15, 0.2) is 0 Å². The molecule has 0 bridgehead atoms. The SMILES string of the molecule is COc1ccc(O)cc1CC(=O)N1CCCCC1C. The Labute approximate surface area is 114 Å². The van der Waals surface area contributed by atoms with Gasteiger partial charge in [-0.3, -0.25) is 4.79 Å².